The lowest BCUT2D eigenvalue weighted by atomic mass is 9.93. The van der Waals surface area contributed by atoms with Crippen LogP contribution >= 0.6 is 0 Å². The van der Waals surface area contributed by atoms with Gasteiger partial charge in [0, 0.05) is 13.6 Å². The van der Waals surface area contributed by atoms with E-state index >= 15 is 0 Å². The molecule has 1 spiro atoms. The molecule has 3 aliphatic heterocycles. The van der Waals surface area contributed by atoms with Gasteiger partial charge in [0.05, 0.1) is 25.3 Å². The molecule has 4 rings (SSSR count). The Labute approximate surface area is 147 Å². The molecule has 1 unspecified atom stereocenters. The molecule has 2 amide bonds. The summed E-state index contributed by atoms with van der Waals surface area (Å²) in [5, 5.41) is 0. The number of piperidine rings is 1. The molecule has 1 aromatic carbocycles. The lowest BCUT2D eigenvalue weighted by Gasteiger charge is -2.39. The van der Waals surface area contributed by atoms with Crippen LogP contribution in [0, 0.1) is 0 Å². The minimum absolute atomic E-state index is 0.0606. The number of likely N-dealkylation sites (N-methyl/N-ethyl adjacent to an activating group) is 1. The zero-order valence-electron chi connectivity index (χ0n) is 14.4. The van der Waals surface area contributed by atoms with E-state index in [2.05, 4.69) is 4.90 Å². The second-order valence-corrected chi connectivity index (χ2v) is 7.08. The third-order valence-electron chi connectivity index (χ3n) is 5.15. The van der Waals surface area contributed by atoms with Gasteiger partial charge in [0.1, 0.15) is 18.0 Å². The molecule has 1 aromatic rings. The van der Waals surface area contributed by atoms with Crippen LogP contribution in [0.1, 0.15) is 12.8 Å². The van der Waals surface area contributed by atoms with Crippen LogP contribution in [0.5, 0.6) is 5.75 Å². The predicted octanol–water partition coefficient (Wildman–Crippen LogP) is 1.33. The molecule has 0 aromatic heterocycles. The van der Waals surface area contributed by atoms with Gasteiger partial charge >= 0.3 is 6.09 Å². The first kappa shape index (κ1) is 16.2. The van der Waals surface area contributed by atoms with E-state index < -0.39 is 5.60 Å². The maximum atomic E-state index is 12.9. The van der Waals surface area contributed by atoms with Crippen molar-refractivity contribution in [2.75, 3.05) is 51.3 Å². The summed E-state index contributed by atoms with van der Waals surface area (Å²) in [4.78, 5) is 30.1. The number of rotatable bonds is 2. The fraction of sp³-hybridized carbons (Fsp3) is 0.556. The van der Waals surface area contributed by atoms with Crippen molar-refractivity contribution >= 4 is 17.7 Å². The molecule has 3 aliphatic rings. The number of amides is 2. The molecule has 2 saturated heterocycles. The Hall–Kier alpha value is -2.28. The molecule has 0 radical (unpaired) electrons. The normalized spacial score (nSPS) is 26.4. The largest absolute Gasteiger partial charge is 0.490 e. The molecular weight excluding hydrogens is 322 g/mol. The van der Waals surface area contributed by atoms with E-state index in [0.717, 1.165) is 30.8 Å². The Balaban J connectivity index is 1.44. The second kappa shape index (κ2) is 6.22. The van der Waals surface area contributed by atoms with Crippen molar-refractivity contribution in [2.24, 2.45) is 0 Å². The van der Waals surface area contributed by atoms with Crippen LogP contribution in [0.4, 0.5) is 10.5 Å². The number of hydrogen-bond donors (Lipinski definition) is 0. The summed E-state index contributed by atoms with van der Waals surface area (Å²) in [5.74, 6) is 0.814. The van der Waals surface area contributed by atoms with E-state index in [0.29, 0.717) is 32.8 Å². The molecule has 7 nitrogen and oxygen atoms in total. The second-order valence-electron chi connectivity index (χ2n) is 7.08. The van der Waals surface area contributed by atoms with Gasteiger partial charge in [-0.25, -0.2) is 4.79 Å². The van der Waals surface area contributed by atoms with Crippen molar-refractivity contribution in [2.45, 2.75) is 18.4 Å². The van der Waals surface area contributed by atoms with Crippen LogP contribution in [0.15, 0.2) is 24.3 Å². The number of benzene rings is 1. The van der Waals surface area contributed by atoms with Gasteiger partial charge in [-0.2, -0.15) is 0 Å². The number of para-hydroxylation sites is 2. The quantitative estimate of drug-likeness (QED) is 0.809. The monoisotopic (exact) mass is 345 g/mol. The van der Waals surface area contributed by atoms with Crippen molar-refractivity contribution < 1.29 is 19.1 Å². The van der Waals surface area contributed by atoms with E-state index in [1.807, 2.05) is 24.3 Å². The van der Waals surface area contributed by atoms with Crippen LogP contribution in [-0.4, -0.2) is 73.8 Å². The zero-order chi connectivity index (χ0) is 17.4. The standard InChI is InChI=1S/C18H23N3O4/c1-19-12-18(25-17(19)23)7-4-8-20(13-18)11-16(22)21-9-10-24-15-6-3-2-5-14(15)21/h2-3,5-6H,4,7-13H2,1H3. The predicted molar refractivity (Wildman–Crippen MR) is 91.8 cm³/mol. The molecule has 1 atom stereocenters. The number of anilines is 1. The molecule has 7 heteroatoms. The summed E-state index contributed by atoms with van der Waals surface area (Å²) in [6, 6.07) is 7.62. The highest BCUT2D eigenvalue weighted by Crippen LogP contribution is 2.33. The Morgan fingerprint density at radius 1 is 1.24 bits per heavy atom. The number of hydrogen-bond acceptors (Lipinski definition) is 5. The van der Waals surface area contributed by atoms with E-state index in [1.165, 1.54) is 0 Å². The molecule has 0 N–H and O–H groups in total. The van der Waals surface area contributed by atoms with Crippen molar-refractivity contribution in [3.63, 3.8) is 0 Å². The third-order valence-corrected chi connectivity index (χ3v) is 5.15. The highest BCUT2D eigenvalue weighted by molar-refractivity contribution is 5.96. The Kier molecular flexibility index (Phi) is 4.03. The molecule has 25 heavy (non-hydrogen) atoms. The van der Waals surface area contributed by atoms with Crippen molar-refractivity contribution in [3.8, 4) is 5.75 Å². The fourth-order valence-corrected chi connectivity index (χ4v) is 4.04. The van der Waals surface area contributed by atoms with Crippen molar-refractivity contribution in [3.05, 3.63) is 24.3 Å². The van der Waals surface area contributed by atoms with Gasteiger partial charge in [-0.05, 0) is 31.5 Å². The Morgan fingerprint density at radius 2 is 2.08 bits per heavy atom. The van der Waals surface area contributed by atoms with Gasteiger partial charge < -0.3 is 19.3 Å². The lowest BCUT2D eigenvalue weighted by molar-refractivity contribution is -0.121. The lowest BCUT2D eigenvalue weighted by Crippen LogP contribution is -2.53. The van der Waals surface area contributed by atoms with E-state index in [1.54, 1.807) is 16.8 Å². The number of carbonyl (C=O) groups is 2. The summed E-state index contributed by atoms with van der Waals surface area (Å²) in [5.41, 5.74) is 0.366. The van der Waals surface area contributed by atoms with Gasteiger partial charge in [-0.15, -0.1) is 0 Å². The molecule has 0 bridgehead atoms. The molecule has 2 fully saturated rings. The highest BCUT2D eigenvalue weighted by Gasteiger charge is 2.46. The summed E-state index contributed by atoms with van der Waals surface area (Å²) in [6.45, 7) is 3.46. The number of nitrogens with zero attached hydrogens (tertiary/aromatic N) is 3. The van der Waals surface area contributed by atoms with Crippen LogP contribution in [-0.2, 0) is 9.53 Å². The molecule has 0 saturated carbocycles. The maximum absolute atomic E-state index is 12.9. The number of likely N-dealkylation sites (tertiary alicyclic amines) is 1. The van der Waals surface area contributed by atoms with E-state index in [4.69, 9.17) is 9.47 Å². The summed E-state index contributed by atoms with van der Waals surface area (Å²) < 4.78 is 11.2. The Morgan fingerprint density at radius 3 is 2.88 bits per heavy atom. The first-order chi connectivity index (χ1) is 12.1. The Bertz CT molecular complexity index is 695. The fourth-order valence-electron chi connectivity index (χ4n) is 4.04. The summed E-state index contributed by atoms with van der Waals surface area (Å²) in [6.07, 6.45) is 1.51. The molecule has 134 valence electrons. The van der Waals surface area contributed by atoms with Gasteiger partial charge in [0.25, 0.3) is 0 Å². The third kappa shape index (κ3) is 3.04. The average Bonchev–Trinajstić information content (AvgIpc) is 2.87. The maximum Gasteiger partial charge on any atom is 0.410 e. The topological polar surface area (TPSA) is 62.3 Å². The van der Waals surface area contributed by atoms with Gasteiger partial charge in [0.2, 0.25) is 5.91 Å². The van der Waals surface area contributed by atoms with Crippen LogP contribution in [0.3, 0.4) is 0 Å². The first-order valence-electron chi connectivity index (χ1n) is 8.75. The van der Waals surface area contributed by atoms with Crippen LogP contribution < -0.4 is 9.64 Å². The number of carbonyl (C=O) groups excluding carboxylic acids is 2. The minimum Gasteiger partial charge on any atom is -0.490 e. The smallest absolute Gasteiger partial charge is 0.410 e. The van der Waals surface area contributed by atoms with E-state index in [9.17, 15) is 9.59 Å². The average molecular weight is 345 g/mol. The summed E-state index contributed by atoms with van der Waals surface area (Å²) in [7, 11) is 1.76. The van der Waals surface area contributed by atoms with Gasteiger partial charge in [-0.3, -0.25) is 9.69 Å². The number of fused-ring (bicyclic) bond motifs is 1. The van der Waals surface area contributed by atoms with Crippen molar-refractivity contribution in [1.29, 1.82) is 0 Å². The zero-order valence-corrected chi connectivity index (χ0v) is 14.4. The molecule has 3 heterocycles. The van der Waals surface area contributed by atoms with E-state index in [-0.39, 0.29) is 12.0 Å². The van der Waals surface area contributed by atoms with Crippen LogP contribution in [0.2, 0.25) is 0 Å². The minimum atomic E-state index is -0.465. The molecular formula is C18H23N3O4. The number of ether oxygens (including phenoxy) is 2. The van der Waals surface area contributed by atoms with Crippen molar-refractivity contribution in [1.82, 2.24) is 9.80 Å². The van der Waals surface area contributed by atoms with Gasteiger partial charge in [-0.1, -0.05) is 12.1 Å². The first-order valence-corrected chi connectivity index (χ1v) is 8.75. The summed E-state index contributed by atoms with van der Waals surface area (Å²) >= 11 is 0. The molecule has 0 aliphatic carbocycles. The highest BCUT2D eigenvalue weighted by atomic mass is 16.6. The SMILES string of the molecule is CN1CC2(CCCN(CC(=O)N3CCOc4ccccc43)C2)OC1=O. The van der Waals surface area contributed by atoms with Gasteiger partial charge in [0.15, 0.2) is 0 Å². The van der Waals surface area contributed by atoms with Crippen LogP contribution in [0.25, 0.3) is 0 Å².